The van der Waals surface area contributed by atoms with Crippen LogP contribution in [-0.2, 0) is 9.53 Å². The van der Waals surface area contributed by atoms with E-state index in [0.717, 1.165) is 0 Å². The number of nitrogens with one attached hydrogen (secondary N) is 1. The van der Waals surface area contributed by atoms with E-state index in [4.69, 9.17) is 10.5 Å². The third-order valence-corrected chi connectivity index (χ3v) is 2.23. The first-order valence-corrected chi connectivity index (χ1v) is 5.44. The standard InChI is InChI=1S/C11H24N2O2/c1-6-15-8(2)7-13-10(14)9(12)11(3,4)5/h8-9H,6-7,12H2,1-5H3,(H,13,14)/t8?,9-/m1/s1. The number of ether oxygens (including phenoxy) is 1. The van der Waals surface area contributed by atoms with Gasteiger partial charge in [-0.05, 0) is 19.3 Å². The summed E-state index contributed by atoms with van der Waals surface area (Å²) in [5, 5.41) is 2.78. The van der Waals surface area contributed by atoms with E-state index in [1.165, 1.54) is 0 Å². The molecule has 90 valence electrons. The quantitative estimate of drug-likeness (QED) is 0.717. The molecule has 0 rings (SSSR count). The average Bonchev–Trinajstić information content (AvgIpc) is 2.12. The lowest BCUT2D eigenvalue weighted by Gasteiger charge is -2.26. The van der Waals surface area contributed by atoms with Crippen molar-refractivity contribution in [2.24, 2.45) is 11.1 Å². The van der Waals surface area contributed by atoms with Gasteiger partial charge in [-0.25, -0.2) is 0 Å². The molecule has 4 nitrogen and oxygen atoms in total. The highest BCUT2D eigenvalue weighted by Gasteiger charge is 2.27. The molecular weight excluding hydrogens is 192 g/mol. The van der Waals surface area contributed by atoms with E-state index >= 15 is 0 Å². The number of hydrogen-bond acceptors (Lipinski definition) is 3. The van der Waals surface area contributed by atoms with Crippen LogP contribution in [0.1, 0.15) is 34.6 Å². The molecule has 0 radical (unpaired) electrons. The van der Waals surface area contributed by atoms with Crippen LogP contribution in [0.4, 0.5) is 0 Å². The summed E-state index contributed by atoms with van der Waals surface area (Å²) in [5.74, 6) is -0.117. The zero-order valence-corrected chi connectivity index (χ0v) is 10.5. The third kappa shape index (κ3) is 5.74. The largest absolute Gasteiger partial charge is 0.377 e. The van der Waals surface area contributed by atoms with Crippen molar-refractivity contribution >= 4 is 5.91 Å². The van der Waals surface area contributed by atoms with Crippen LogP contribution in [0.5, 0.6) is 0 Å². The lowest BCUT2D eigenvalue weighted by molar-refractivity contribution is -0.125. The maximum absolute atomic E-state index is 11.6. The van der Waals surface area contributed by atoms with Crippen LogP contribution in [0.2, 0.25) is 0 Å². The van der Waals surface area contributed by atoms with Gasteiger partial charge in [-0.1, -0.05) is 20.8 Å². The van der Waals surface area contributed by atoms with Crippen molar-refractivity contribution in [1.29, 1.82) is 0 Å². The Hall–Kier alpha value is -0.610. The second-order valence-electron chi connectivity index (χ2n) is 4.85. The predicted molar refractivity (Wildman–Crippen MR) is 61.5 cm³/mol. The Morgan fingerprint density at radius 3 is 2.40 bits per heavy atom. The average molecular weight is 216 g/mol. The summed E-state index contributed by atoms with van der Waals surface area (Å²) < 4.78 is 5.30. The second-order valence-corrected chi connectivity index (χ2v) is 4.85. The first-order chi connectivity index (χ1) is 6.79. The summed E-state index contributed by atoms with van der Waals surface area (Å²) in [6, 6.07) is -0.480. The first-order valence-electron chi connectivity index (χ1n) is 5.44. The molecule has 0 aliphatic heterocycles. The van der Waals surface area contributed by atoms with Gasteiger partial charge in [0.25, 0.3) is 0 Å². The molecule has 0 saturated heterocycles. The van der Waals surface area contributed by atoms with Crippen molar-refractivity contribution in [3.8, 4) is 0 Å². The highest BCUT2D eigenvalue weighted by molar-refractivity contribution is 5.82. The Bertz CT molecular complexity index is 199. The molecule has 4 heteroatoms. The van der Waals surface area contributed by atoms with E-state index < -0.39 is 6.04 Å². The normalized spacial score (nSPS) is 15.9. The van der Waals surface area contributed by atoms with Gasteiger partial charge in [0.2, 0.25) is 5.91 Å². The monoisotopic (exact) mass is 216 g/mol. The van der Waals surface area contributed by atoms with Crippen LogP contribution in [0.25, 0.3) is 0 Å². The molecule has 3 N–H and O–H groups in total. The zero-order valence-electron chi connectivity index (χ0n) is 10.5. The summed E-state index contributed by atoms with van der Waals surface area (Å²) in [6.07, 6.45) is 0.0334. The van der Waals surface area contributed by atoms with Crippen LogP contribution in [-0.4, -0.2) is 31.2 Å². The molecular formula is C11H24N2O2. The molecule has 0 aromatic rings. The summed E-state index contributed by atoms with van der Waals surface area (Å²) in [5.41, 5.74) is 5.59. The molecule has 0 aliphatic rings. The van der Waals surface area contributed by atoms with Crippen molar-refractivity contribution in [3.05, 3.63) is 0 Å². The Balaban J connectivity index is 3.94. The Labute approximate surface area is 92.6 Å². The number of rotatable bonds is 5. The summed E-state index contributed by atoms with van der Waals surface area (Å²) in [7, 11) is 0. The summed E-state index contributed by atoms with van der Waals surface area (Å²) >= 11 is 0. The van der Waals surface area contributed by atoms with E-state index in [1.54, 1.807) is 0 Å². The molecule has 2 atom stereocenters. The highest BCUT2D eigenvalue weighted by atomic mass is 16.5. The smallest absolute Gasteiger partial charge is 0.237 e. The van der Waals surface area contributed by atoms with E-state index in [1.807, 2.05) is 34.6 Å². The molecule has 0 saturated carbocycles. The molecule has 0 fully saturated rings. The number of nitrogens with two attached hydrogens (primary N) is 1. The summed E-state index contributed by atoms with van der Waals surface area (Å²) in [6.45, 7) is 10.9. The maximum Gasteiger partial charge on any atom is 0.237 e. The fourth-order valence-electron chi connectivity index (χ4n) is 1.09. The SMILES string of the molecule is CCOC(C)CNC(=O)[C@@H](N)C(C)(C)C. The summed E-state index contributed by atoms with van der Waals surface area (Å²) in [4.78, 5) is 11.6. The molecule has 0 aromatic heterocycles. The van der Waals surface area contributed by atoms with E-state index in [9.17, 15) is 4.79 Å². The Morgan fingerprint density at radius 2 is 2.00 bits per heavy atom. The van der Waals surface area contributed by atoms with Crippen LogP contribution in [0.3, 0.4) is 0 Å². The van der Waals surface area contributed by atoms with Gasteiger partial charge in [0.1, 0.15) is 0 Å². The van der Waals surface area contributed by atoms with Crippen molar-refractivity contribution in [1.82, 2.24) is 5.32 Å². The minimum absolute atomic E-state index is 0.0334. The van der Waals surface area contributed by atoms with Gasteiger partial charge in [-0.15, -0.1) is 0 Å². The molecule has 15 heavy (non-hydrogen) atoms. The Morgan fingerprint density at radius 1 is 1.47 bits per heavy atom. The van der Waals surface area contributed by atoms with Gasteiger partial charge in [0.15, 0.2) is 0 Å². The molecule has 0 aromatic carbocycles. The molecule has 1 unspecified atom stereocenters. The predicted octanol–water partition coefficient (Wildman–Crippen LogP) is 0.901. The molecule has 0 heterocycles. The van der Waals surface area contributed by atoms with E-state index in [2.05, 4.69) is 5.32 Å². The van der Waals surface area contributed by atoms with Crippen molar-refractivity contribution in [2.45, 2.75) is 46.8 Å². The number of amides is 1. The topological polar surface area (TPSA) is 64.3 Å². The van der Waals surface area contributed by atoms with Gasteiger partial charge in [-0.3, -0.25) is 4.79 Å². The molecule has 0 spiro atoms. The second kappa shape index (κ2) is 6.08. The van der Waals surface area contributed by atoms with Crippen LogP contribution in [0, 0.1) is 5.41 Å². The van der Waals surface area contributed by atoms with Crippen LogP contribution < -0.4 is 11.1 Å². The van der Waals surface area contributed by atoms with Crippen molar-refractivity contribution < 1.29 is 9.53 Å². The van der Waals surface area contributed by atoms with Gasteiger partial charge in [-0.2, -0.15) is 0 Å². The minimum atomic E-state index is -0.480. The fourth-order valence-corrected chi connectivity index (χ4v) is 1.09. The first kappa shape index (κ1) is 14.4. The fraction of sp³-hybridized carbons (Fsp3) is 0.909. The zero-order chi connectivity index (χ0) is 12.1. The lowest BCUT2D eigenvalue weighted by Crippen LogP contribution is -2.50. The van der Waals surface area contributed by atoms with Gasteiger partial charge >= 0.3 is 0 Å². The van der Waals surface area contributed by atoms with E-state index in [-0.39, 0.29) is 17.4 Å². The van der Waals surface area contributed by atoms with Crippen LogP contribution >= 0.6 is 0 Å². The van der Waals surface area contributed by atoms with Gasteiger partial charge in [0, 0.05) is 13.2 Å². The molecule has 0 bridgehead atoms. The van der Waals surface area contributed by atoms with Gasteiger partial charge in [0.05, 0.1) is 12.1 Å². The molecule has 0 aliphatic carbocycles. The number of carbonyl (C=O) groups is 1. The lowest BCUT2D eigenvalue weighted by atomic mass is 9.87. The van der Waals surface area contributed by atoms with Crippen molar-refractivity contribution in [2.75, 3.05) is 13.2 Å². The van der Waals surface area contributed by atoms with E-state index in [0.29, 0.717) is 13.2 Å². The molecule has 1 amide bonds. The van der Waals surface area contributed by atoms with Gasteiger partial charge < -0.3 is 15.8 Å². The Kier molecular flexibility index (Phi) is 5.83. The highest BCUT2D eigenvalue weighted by Crippen LogP contribution is 2.16. The number of carbonyl (C=O) groups excluding carboxylic acids is 1. The maximum atomic E-state index is 11.6. The van der Waals surface area contributed by atoms with Crippen molar-refractivity contribution in [3.63, 3.8) is 0 Å². The van der Waals surface area contributed by atoms with Crippen LogP contribution in [0.15, 0.2) is 0 Å². The third-order valence-electron chi connectivity index (χ3n) is 2.23. The minimum Gasteiger partial charge on any atom is -0.377 e. The number of hydrogen-bond donors (Lipinski definition) is 2.